The van der Waals surface area contributed by atoms with Crippen molar-refractivity contribution < 1.29 is 19.4 Å². The molecule has 0 saturated heterocycles. The van der Waals surface area contributed by atoms with E-state index in [9.17, 15) is 9.90 Å². The Hall–Kier alpha value is -2.40. The lowest BCUT2D eigenvalue weighted by Crippen LogP contribution is -2.02. The fraction of sp³-hybridized carbons (Fsp3) is 0.250. The standard InChI is InChI=1S/C16H17NO4/c1-10-6-14(15(21-3)8-17-10)13-7-11(9-20-2)4-5-12(13)16(18)19/h4-8H,9H2,1-3H3,(H,18,19). The highest BCUT2D eigenvalue weighted by Crippen LogP contribution is 2.33. The average molecular weight is 287 g/mol. The third-order valence-electron chi connectivity index (χ3n) is 3.14. The van der Waals surface area contributed by atoms with Crippen LogP contribution in [0.4, 0.5) is 0 Å². The summed E-state index contributed by atoms with van der Waals surface area (Å²) in [7, 11) is 3.14. The lowest BCUT2D eigenvalue weighted by molar-refractivity contribution is 0.0697. The van der Waals surface area contributed by atoms with Gasteiger partial charge in [0.25, 0.3) is 0 Å². The minimum atomic E-state index is -0.981. The molecule has 1 N–H and O–H groups in total. The minimum Gasteiger partial charge on any atom is -0.494 e. The van der Waals surface area contributed by atoms with Gasteiger partial charge in [0.05, 0.1) is 25.5 Å². The number of methoxy groups -OCH3 is 2. The van der Waals surface area contributed by atoms with Crippen molar-refractivity contribution in [2.75, 3.05) is 14.2 Å². The van der Waals surface area contributed by atoms with Gasteiger partial charge in [-0.2, -0.15) is 0 Å². The van der Waals surface area contributed by atoms with E-state index in [0.717, 1.165) is 11.3 Å². The number of nitrogens with zero attached hydrogens (tertiary/aromatic N) is 1. The van der Waals surface area contributed by atoms with E-state index in [4.69, 9.17) is 9.47 Å². The van der Waals surface area contributed by atoms with Crippen molar-refractivity contribution in [3.8, 4) is 16.9 Å². The quantitative estimate of drug-likeness (QED) is 0.915. The molecule has 0 radical (unpaired) electrons. The number of rotatable bonds is 5. The summed E-state index contributed by atoms with van der Waals surface area (Å²) in [6, 6.07) is 6.96. The van der Waals surface area contributed by atoms with Crippen LogP contribution in [0.5, 0.6) is 5.75 Å². The number of pyridine rings is 1. The first kappa shape index (κ1) is 15.0. The maximum Gasteiger partial charge on any atom is 0.336 e. The van der Waals surface area contributed by atoms with Crippen LogP contribution in [-0.4, -0.2) is 30.3 Å². The van der Waals surface area contributed by atoms with Gasteiger partial charge in [0, 0.05) is 23.9 Å². The molecule has 0 unspecified atom stereocenters. The number of benzene rings is 1. The van der Waals surface area contributed by atoms with Crippen molar-refractivity contribution in [3.05, 3.63) is 47.3 Å². The first-order valence-corrected chi connectivity index (χ1v) is 6.43. The summed E-state index contributed by atoms with van der Waals surface area (Å²) in [5.41, 5.74) is 3.21. The molecule has 110 valence electrons. The van der Waals surface area contributed by atoms with Crippen LogP contribution in [-0.2, 0) is 11.3 Å². The Morgan fingerprint density at radius 1 is 1.24 bits per heavy atom. The Morgan fingerprint density at radius 3 is 2.62 bits per heavy atom. The normalized spacial score (nSPS) is 10.4. The summed E-state index contributed by atoms with van der Waals surface area (Å²) in [6.45, 7) is 2.27. The van der Waals surface area contributed by atoms with Crippen LogP contribution in [0.15, 0.2) is 30.5 Å². The van der Waals surface area contributed by atoms with E-state index in [1.54, 1.807) is 25.4 Å². The number of hydrogen-bond donors (Lipinski definition) is 1. The number of aryl methyl sites for hydroxylation is 1. The van der Waals surface area contributed by atoms with Crippen LogP contribution in [0.25, 0.3) is 11.1 Å². The molecule has 21 heavy (non-hydrogen) atoms. The van der Waals surface area contributed by atoms with Crippen molar-refractivity contribution in [1.82, 2.24) is 4.98 Å². The van der Waals surface area contributed by atoms with Crippen molar-refractivity contribution in [2.45, 2.75) is 13.5 Å². The number of carbonyl (C=O) groups is 1. The molecule has 0 bridgehead atoms. The summed E-state index contributed by atoms with van der Waals surface area (Å²) >= 11 is 0. The number of carboxylic acid groups (broad SMARTS) is 1. The molecule has 1 aromatic heterocycles. The highest BCUT2D eigenvalue weighted by atomic mass is 16.5. The minimum absolute atomic E-state index is 0.221. The lowest BCUT2D eigenvalue weighted by Gasteiger charge is -2.13. The van der Waals surface area contributed by atoms with E-state index in [-0.39, 0.29) is 5.56 Å². The maximum atomic E-state index is 11.5. The molecule has 0 aliphatic heterocycles. The monoisotopic (exact) mass is 287 g/mol. The first-order valence-electron chi connectivity index (χ1n) is 6.43. The van der Waals surface area contributed by atoms with E-state index < -0.39 is 5.97 Å². The van der Waals surface area contributed by atoms with Crippen LogP contribution >= 0.6 is 0 Å². The molecule has 0 saturated carbocycles. The lowest BCUT2D eigenvalue weighted by atomic mass is 9.97. The van der Waals surface area contributed by atoms with Crippen molar-refractivity contribution >= 4 is 5.97 Å². The highest BCUT2D eigenvalue weighted by Gasteiger charge is 2.16. The topological polar surface area (TPSA) is 68.7 Å². The molecule has 0 atom stereocenters. The predicted octanol–water partition coefficient (Wildman–Crippen LogP) is 2.91. The van der Waals surface area contributed by atoms with E-state index >= 15 is 0 Å². The largest absolute Gasteiger partial charge is 0.494 e. The fourth-order valence-electron chi connectivity index (χ4n) is 2.18. The molecule has 5 nitrogen and oxygen atoms in total. The van der Waals surface area contributed by atoms with Gasteiger partial charge in [-0.15, -0.1) is 0 Å². The molecule has 5 heteroatoms. The molecule has 0 spiro atoms. The number of hydrogen-bond acceptors (Lipinski definition) is 4. The second-order valence-corrected chi connectivity index (χ2v) is 4.64. The number of ether oxygens (including phenoxy) is 2. The number of aromatic nitrogens is 1. The predicted molar refractivity (Wildman–Crippen MR) is 78.6 cm³/mol. The zero-order chi connectivity index (χ0) is 15.4. The summed E-state index contributed by atoms with van der Waals surface area (Å²) < 4.78 is 10.4. The van der Waals surface area contributed by atoms with E-state index in [1.165, 1.54) is 7.11 Å². The molecule has 0 aliphatic carbocycles. The van der Waals surface area contributed by atoms with Crippen LogP contribution in [0, 0.1) is 6.92 Å². The van der Waals surface area contributed by atoms with Crippen molar-refractivity contribution in [1.29, 1.82) is 0 Å². The summed E-state index contributed by atoms with van der Waals surface area (Å²) in [6.07, 6.45) is 1.60. The zero-order valence-corrected chi connectivity index (χ0v) is 12.2. The van der Waals surface area contributed by atoms with E-state index in [0.29, 0.717) is 23.5 Å². The Kier molecular flexibility index (Phi) is 4.55. The van der Waals surface area contributed by atoms with Gasteiger partial charge >= 0.3 is 5.97 Å². The van der Waals surface area contributed by atoms with Crippen LogP contribution < -0.4 is 4.74 Å². The molecule has 2 rings (SSSR count). The van der Waals surface area contributed by atoms with E-state index in [2.05, 4.69) is 4.98 Å². The van der Waals surface area contributed by atoms with Gasteiger partial charge in [-0.3, -0.25) is 4.98 Å². The average Bonchev–Trinajstić information content (AvgIpc) is 2.47. The van der Waals surface area contributed by atoms with Crippen LogP contribution in [0.2, 0.25) is 0 Å². The Bertz CT molecular complexity index is 667. The van der Waals surface area contributed by atoms with E-state index in [1.807, 2.05) is 19.1 Å². The molecule has 1 aromatic carbocycles. The van der Waals surface area contributed by atoms with Gasteiger partial charge in [-0.1, -0.05) is 6.07 Å². The molecule has 0 aliphatic rings. The second kappa shape index (κ2) is 6.37. The van der Waals surface area contributed by atoms with Gasteiger partial charge in [0.2, 0.25) is 0 Å². The van der Waals surface area contributed by atoms with Crippen molar-refractivity contribution in [3.63, 3.8) is 0 Å². The molecule has 1 heterocycles. The van der Waals surface area contributed by atoms with Crippen LogP contribution in [0.1, 0.15) is 21.6 Å². The third kappa shape index (κ3) is 3.20. The SMILES string of the molecule is COCc1ccc(C(=O)O)c(-c2cc(C)ncc2OC)c1. The van der Waals surface area contributed by atoms with Gasteiger partial charge in [-0.05, 0) is 30.7 Å². The smallest absolute Gasteiger partial charge is 0.336 e. The van der Waals surface area contributed by atoms with Gasteiger partial charge < -0.3 is 14.6 Å². The van der Waals surface area contributed by atoms with Crippen molar-refractivity contribution in [2.24, 2.45) is 0 Å². The van der Waals surface area contributed by atoms with Gasteiger partial charge in [0.15, 0.2) is 0 Å². The molecular weight excluding hydrogens is 270 g/mol. The molecular formula is C16H17NO4. The Labute approximate surface area is 123 Å². The van der Waals surface area contributed by atoms with Gasteiger partial charge in [0.1, 0.15) is 5.75 Å². The third-order valence-corrected chi connectivity index (χ3v) is 3.14. The van der Waals surface area contributed by atoms with Crippen LogP contribution in [0.3, 0.4) is 0 Å². The second-order valence-electron chi connectivity index (χ2n) is 4.64. The molecule has 0 fully saturated rings. The molecule has 0 amide bonds. The zero-order valence-electron chi connectivity index (χ0n) is 12.2. The Morgan fingerprint density at radius 2 is 2.00 bits per heavy atom. The summed E-state index contributed by atoms with van der Waals surface area (Å²) in [5, 5.41) is 9.39. The molecule has 2 aromatic rings. The summed E-state index contributed by atoms with van der Waals surface area (Å²) in [5.74, 6) is -0.442. The number of aromatic carboxylic acids is 1. The highest BCUT2D eigenvalue weighted by molar-refractivity contribution is 5.97. The fourth-order valence-corrected chi connectivity index (χ4v) is 2.18. The Balaban J connectivity index is 2.67. The van der Waals surface area contributed by atoms with Gasteiger partial charge in [-0.25, -0.2) is 4.79 Å². The number of carboxylic acids is 1. The summed E-state index contributed by atoms with van der Waals surface area (Å²) in [4.78, 5) is 15.6. The first-order chi connectivity index (χ1) is 10.1. The maximum absolute atomic E-state index is 11.5.